The first-order valence-electron chi connectivity index (χ1n) is 10.5. The molecule has 30 heavy (non-hydrogen) atoms. The zero-order valence-electron chi connectivity index (χ0n) is 18.1. The van der Waals surface area contributed by atoms with Gasteiger partial charge in [-0.25, -0.2) is 0 Å². The summed E-state index contributed by atoms with van der Waals surface area (Å²) >= 11 is 0. The van der Waals surface area contributed by atoms with E-state index in [1.54, 1.807) is 6.92 Å². The molecule has 0 saturated carbocycles. The van der Waals surface area contributed by atoms with Crippen LogP contribution in [0.4, 0.5) is 0 Å². The maximum absolute atomic E-state index is 13.8. The molecule has 1 atom stereocenters. The average molecular weight is 405 g/mol. The number of likely N-dealkylation sites (tertiary alicyclic amines) is 1. The number of rotatable bonds is 4. The van der Waals surface area contributed by atoms with Crippen molar-refractivity contribution in [2.75, 3.05) is 13.2 Å². The summed E-state index contributed by atoms with van der Waals surface area (Å²) < 4.78 is 5.46. The van der Waals surface area contributed by atoms with E-state index >= 15 is 0 Å². The van der Waals surface area contributed by atoms with Crippen LogP contribution in [0, 0.1) is 12.3 Å². The number of pyridine rings is 1. The van der Waals surface area contributed by atoms with E-state index in [2.05, 4.69) is 4.98 Å². The summed E-state index contributed by atoms with van der Waals surface area (Å²) in [6.07, 6.45) is 4.77. The van der Waals surface area contributed by atoms with Crippen molar-refractivity contribution < 1.29 is 14.3 Å². The van der Waals surface area contributed by atoms with Crippen molar-refractivity contribution in [2.45, 2.75) is 46.1 Å². The summed E-state index contributed by atoms with van der Waals surface area (Å²) in [5.74, 6) is -0.400. The fourth-order valence-electron chi connectivity index (χ4n) is 4.66. The Morgan fingerprint density at radius 2 is 2.00 bits per heavy atom. The number of esters is 1. The number of carbonyl (C=O) groups excluding carboxylic acids is 2. The third kappa shape index (κ3) is 3.13. The molecule has 0 bridgehead atoms. The van der Waals surface area contributed by atoms with Crippen LogP contribution in [0.25, 0.3) is 6.08 Å². The zero-order chi connectivity index (χ0) is 21.5. The summed E-state index contributed by atoms with van der Waals surface area (Å²) in [7, 11) is 0. The molecule has 1 saturated heterocycles. The second-order valence-corrected chi connectivity index (χ2v) is 8.69. The van der Waals surface area contributed by atoms with E-state index in [0.717, 1.165) is 22.4 Å². The summed E-state index contributed by atoms with van der Waals surface area (Å²) in [4.78, 5) is 33.2. The van der Waals surface area contributed by atoms with Crippen LogP contribution in [0.3, 0.4) is 0 Å². The van der Waals surface area contributed by atoms with E-state index < -0.39 is 11.0 Å². The minimum atomic E-state index is -0.917. The quantitative estimate of drug-likeness (QED) is 0.722. The molecule has 2 aromatic rings. The highest BCUT2D eigenvalue weighted by Crippen LogP contribution is 2.48. The lowest BCUT2D eigenvalue weighted by atomic mass is 9.65. The van der Waals surface area contributed by atoms with E-state index in [1.165, 1.54) is 0 Å². The zero-order valence-corrected chi connectivity index (χ0v) is 18.1. The molecular formula is C25H28N2O3. The highest BCUT2D eigenvalue weighted by atomic mass is 16.5. The lowest BCUT2D eigenvalue weighted by Gasteiger charge is -2.48. The molecule has 1 amide bonds. The maximum atomic E-state index is 13.8. The number of benzene rings is 1. The number of aromatic nitrogens is 1. The second kappa shape index (κ2) is 7.38. The minimum absolute atomic E-state index is 0.102. The molecule has 1 aliphatic heterocycles. The van der Waals surface area contributed by atoms with Gasteiger partial charge in [0.05, 0.1) is 12.1 Å². The fourth-order valence-corrected chi connectivity index (χ4v) is 4.66. The Morgan fingerprint density at radius 1 is 1.23 bits per heavy atom. The Kier molecular flexibility index (Phi) is 5.00. The van der Waals surface area contributed by atoms with Crippen molar-refractivity contribution in [1.29, 1.82) is 0 Å². The molecule has 5 heteroatoms. The van der Waals surface area contributed by atoms with Gasteiger partial charge in [0.2, 0.25) is 0 Å². The van der Waals surface area contributed by atoms with Gasteiger partial charge in [-0.05, 0) is 69.4 Å². The number of amides is 1. The van der Waals surface area contributed by atoms with Crippen LogP contribution in [0.2, 0.25) is 0 Å². The second-order valence-electron chi connectivity index (χ2n) is 8.69. The molecule has 2 aliphatic rings. The van der Waals surface area contributed by atoms with Crippen molar-refractivity contribution in [3.63, 3.8) is 0 Å². The molecule has 2 heterocycles. The first-order chi connectivity index (χ1) is 14.3. The molecule has 1 fully saturated rings. The van der Waals surface area contributed by atoms with Gasteiger partial charge >= 0.3 is 5.97 Å². The number of ether oxygens (including phenoxy) is 1. The molecule has 0 spiro atoms. The Bertz CT molecular complexity index is 1020. The van der Waals surface area contributed by atoms with Crippen LogP contribution in [0.15, 0.2) is 48.2 Å². The topological polar surface area (TPSA) is 59.5 Å². The largest absolute Gasteiger partial charge is 0.465 e. The SMILES string of the molecule is CCOC(=O)C12CCN(C(C)(C)c3ccc(C)nc3)C(=O)C1=Cc1ccccc1C2. The van der Waals surface area contributed by atoms with Crippen molar-refractivity contribution in [1.82, 2.24) is 9.88 Å². The van der Waals surface area contributed by atoms with Gasteiger partial charge in [-0.2, -0.15) is 0 Å². The Balaban J connectivity index is 1.78. The van der Waals surface area contributed by atoms with Gasteiger partial charge in [-0.3, -0.25) is 14.6 Å². The van der Waals surface area contributed by atoms with Gasteiger partial charge in [0.25, 0.3) is 5.91 Å². The maximum Gasteiger partial charge on any atom is 0.317 e. The molecule has 1 aromatic carbocycles. The van der Waals surface area contributed by atoms with Crippen molar-refractivity contribution in [3.05, 3.63) is 70.6 Å². The van der Waals surface area contributed by atoms with Gasteiger partial charge in [-0.1, -0.05) is 30.3 Å². The number of aryl methyl sites for hydroxylation is 1. The monoisotopic (exact) mass is 404 g/mol. The molecule has 4 rings (SSSR count). The summed E-state index contributed by atoms with van der Waals surface area (Å²) in [6.45, 7) is 8.60. The summed E-state index contributed by atoms with van der Waals surface area (Å²) in [6, 6.07) is 11.9. The number of hydrogen-bond acceptors (Lipinski definition) is 4. The molecule has 156 valence electrons. The van der Waals surface area contributed by atoms with Crippen LogP contribution >= 0.6 is 0 Å². The molecule has 1 unspecified atom stereocenters. The molecule has 1 aliphatic carbocycles. The first-order valence-corrected chi connectivity index (χ1v) is 10.5. The smallest absolute Gasteiger partial charge is 0.317 e. The number of carbonyl (C=O) groups is 2. The van der Waals surface area contributed by atoms with Crippen molar-refractivity contribution in [2.24, 2.45) is 5.41 Å². The third-order valence-corrected chi connectivity index (χ3v) is 6.56. The Hall–Kier alpha value is -2.95. The normalized spacial score (nSPS) is 20.9. The third-order valence-electron chi connectivity index (χ3n) is 6.56. The minimum Gasteiger partial charge on any atom is -0.465 e. The van der Waals surface area contributed by atoms with Crippen LogP contribution < -0.4 is 0 Å². The number of nitrogens with zero attached hydrogens (tertiary/aromatic N) is 2. The predicted molar refractivity (Wildman–Crippen MR) is 116 cm³/mol. The molecule has 1 aromatic heterocycles. The van der Waals surface area contributed by atoms with E-state index in [1.807, 2.05) is 74.3 Å². The Labute approximate surface area is 177 Å². The van der Waals surface area contributed by atoms with Gasteiger partial charge in [0.15, 0.2) is 0 Å². The predicted octanol–water partition coefficient (Wildman–Crippen LogP) is 4.05. The van der Waals surface area contributed by atoms with E-state index in [4.69, 9.17) is 4.74 Å². The molecule has 0 N–H and O–H groups in total. The van der Waals surface area contributed by atoms with Gasteiger partial charge in [0, 0.05) is 24.0 Å². The molecule has 5 nitrogen and oxygen atoms in total. The van der Waals surface area contributed by atoms with Gasteiger partial charge < -0.3 is 9.64 Å². The van der Waals surface area contributed by atoms with E-state index in [-0.39, 0.29) is 11.9 Å². The van der Waals surface area contributed by atoms with Gasteiger partial charge in [-0.15, -0.1) is 0 Å². The fraction of sp³-hybridized carbons (Fsp3) is 0.400. The standard InChI is InChI=1S/C25H28N2O3/c1-5-30-23(29)25-12-13-27(24(3,4)20-11-10-17(2)26-16-20)22(28)21(25)14-18-8-6-7-9-19(18)15-25/h6-11,14,16H,5,12-13,15H2,1-4H3. The lowest BCUT2D eigenvalue weighted by molar-refractivity contribution is -0.159. The highest BCUT2D eigenvalue weighted by Gasteiger charge is 2.54. The van der Waals surface area contributed by atoms with E-state index in [9.17, 15) is 9.59 Å². The van der Waals surface area contributed by atoms with Crippen LogP contribution in [0.1, 0.15) is 49.6 Å². The Morgan fingerprint density at radius 3 is 2.70 bits per heavy atom. The first kappa shape index (κ1) is 20.3. The summed E-state index contributed by atoms with van der Waals surface area (Å²) in [5, 5.41) is 0. The highest BCUT2D eigenvalue weighted by molar-refractivity contribution is 6.07. The van der Waals surface area contributed by atoms with Crippen LogP contribution in [-0.2, 0) is 26.3 Å². The van der Waals surface area contributed by atoms with Crippen molar-refractivity contribution >= 4 is 18.0 Å². The van der Waals surface area contributed by atoms with E-state index in [0.29, 0.717) is 31.6 Å². The molecular weight excluding hydrogens is 376 g/mol. The number of piperidine rings is 1. The van der Waals surface area contributed by atoms with Crippen LogP contribution in [-0.4, -0.2) is 34.9 Å². The van der Waals surface area contributed by atoms with Crippen LogP contribution in [0.5, 0.6) is 0 Å². The average Bonchev–Trinajstić information content (AvgIpc) is 2.73. The summed E-state index contributed by atoms with van der Waals surface area (Å²) in [5.41, 5.74) is 3.07. The lowest BCUT2D eigenvalue weighted by Crippen LogP contribution is -2.57. The number of fused-ring (bicyclic) bond motifs is 2. The number of hydrogen-bond donors (Lipinski definition) is 0. The van der Waals surface area contributed by atoms with Crippen molar-refractivity contribution in [3.8, 4) is 0 Å². The van der Waals surface area contributed by atoms with Gasteiger partial charge in [0.1, 0.15) is 5.41 Å². The molecule has 0 radical (unpaired) electrons.